The van der Waals surface area contributed by atoms with Gasteiger partial charge in [0.2, 0.25) is 0 Å². The van der Waals surface area contributed by atoms with Crippen LogP contribution in [0.2, 0.25) is 0 Å². The van der Waals surface area contributed by atoms with Gasteiger partial charge in [0, 0.05) is 43.7 Å². The van der Waals surface area contributed by atoms with Crippen molar-refractivity contribution < 1.29 is 19.1 Å². The van der Waals surface area contributed by atoms with Crippen LogP contribution in [-0.2, 0) is 13.6 Å². The molecule has 176 valence electrons. The van der Waals surface area contributed by atoms with Gasteiger partial charge < -0.3 is 24.5 Å². The maximum atomic E-state index is 13.9. The zero-order chi connectivity index (χ0) is 24.0. The first-order chi connectivity index (χ1) is 16.4. The van der Waals surface area contributed by atoms with Crippen LogP contribution in [0, 0.1) is 5.82 Å². The van der Waals surface area contributed by atoms with Crippen LogP contribution in [0.3, 0.4) is 0 Å². The van der Waals surface area contributed by atoms with Crippen molar-refractivity contribution in [1.29, 1.82) is 0 Å². The number of likely N-dealkylation sites (tertiary alicyclic amines) is 1. The summed E-state index contributed by atoms with van der Waals surface area (Å²) in [7, 11) is 1.93. The van der Waals surface area contributed by atoms with E-state index < -0.39 is 6.09 Å². The van der Waals surface area contributed by atoms with E-state index in [1.807, 2.05) is 35.2 Å². The number of amides is 2. The van der Waals surface area contributed by atoms with Crippen molar-refractivity contribution in [2.45, 2.75) is 32.4 Å². The minimum atomic E-state index is -1.08. The number of fused-ring (bicyclic) bond motifs is 2. The Labute approximate surface area is 195 Å². The van der Waals surface area contributed by atoms with E-state index in [-0.39, 0.29) is 17.8 Å². The first-order valence-corrected chi connectivity index (χ1v) is 11.4. The molecule has 2 amide bonds. The van der Waals surface area contributed by atoms with Gasteiger partial charge in [0.05, 0.1) is 22.2 Å². The van der Waals surface area contributed by atoms with Crippen molar-refractivity contribution in [3.8, 4) is 11.5 Å². The molecule has 2 N–H and O–H groups in total. The Morgan fingerprint density at radius 3 is 2.76 bits per heavy atom. The van der Waals surface area contributed by atoms with Crippen LogP contribution < -0.4 is 5.32 Å². The largest absolute Gasteiger partial charge is 0.465 e. The molecule has 9 heteroatoms. The molecule has 0 radical (unpaired) electrons. The van der Waals surface area contributed by atoms with E-state index in [0.717, 1.165) is 34.4 Å². The molecule has 0 spiro atoms. The van der Waals surface area contributed by atoms with Crippen LogP contribution in [0.4, 0.5) is 9.18 Å². The minimum absolute atomic E-state index is 0.135. The summed E-state index contributed by atoms with van der Waals surface area (Å²) < 4.78 is 17.9. The third kappa shape index (κ3) is 3.76. The molecule has 5 rings (SSSR count). The minimum Gasteiger partial charge on any atom is -0.465 e. The second-order valence-corrected chi connectivity index (χ2v) is 8.71. The molecule has 4 aromatic rings. The Morgan fingerprint density at radius 2 is 2.00 bits per heavy atom. The van der Waals surface area contributed by atoms with Crippen LogP contribution in [0.1, 0.15) is 30.1 Å². The fourth-order valence-corrected chi connectivity index (χ4v) is 4.95. The normalized spacial score (nSPS) is 16.3. The fourth-order valence-electron chi connectivity index (χ4n) is 4.95. The third-order valence-corrected chi connectivity index (χ3v) is 6.58. The first kappa shape index (κ1) is 21.9. The van der Waals surface area contributed by atoms with E-state index in [1.165, 1.54) is 12.1 Å². The molecule has 2 aromatic carbocycles. The number of carbonyl (C=O) groups is 2. The number of aromatic nitrogens is 3. The second kappa shape index (κ2) is 8.48. The van der Waals surface area contributed by atoms with E-state index in [0.29, 0.717) is 37.1 Å². The number of benzene rings is 2. The highest BCUT2D eigenvalue weighted by Gasteiger charge is 2.26. The van der Waals surface area contributed by atoms with Crippen LogP contribution in [0.25, 0.3) is 33.5 Å². The molecule has 0 aliphatic carbocycles. The predicted octanol–water partition coefficient (Wildman–Crippen LogP) is 4.23. The molecule has 0 saturated carbocycles. The monoisotopic (exact) mass is 463 g/mol. The molecular weight excluding hydrogens is 437 g/mol. The quantitative estimate of drug-likeness (QED) is 0.474. The summed E-state index contributed by atoms with van der Waals surface area (Å²) in [4.78, 5) is 30.7. The summed E-state index contributed by atoms with van der Waals surface area (Å²) in [5.74, 6) is 0.324. The molecule has 0 bridgehead atoms. The number of nitrogens with zero attached hydrogens (tertiary/aromatic N) is 4. The Bertz CT molecular complexity index is 1420. The maximum absolute atomic E-state index is 13.9. The van der Waals surface area contributed by atoms with Crippen LogP contribution >= 0.6 is 0 Å². The van der Waals surface area contributed by atoms with Crippen LogP contribution in [0.15, 0.2) is 42.5 Å². The molecular formula is C25H26FN5O3. The molecule has 1 saturated heterocycles. The Kier molecular flexibility index (Phi) is 5.47. The number of piperidine rings is 1. The zero-order valence-corrected chi connectivity index (χ0v) is 19.1. The predicted molar refractivity (Wildman–Crippen MR) is 127 cm³/mol. The second-order valence-electron chi connectivity index (χ2n) is 8.71. The van der Waals surface area contributed by atoms with Crippen LogP contribution in [0.5, 0.6) is 0 Å². The van der Waals surface area contributed by atoms with Gasteiger partial charge in [-0.3, -0.25) is 4.79 Å². The highest BCUT2D eigenvalue weighted by Crippen LogP contribution is 2.31. The lowest BCUT2D eigenvalue weighted by Crippen LogP contribution is -2.49. The molecule has 1 aliphatic heterocycles. The van der Waals surface area contributed by atoms with Gasteiger partial charge in [-0.25, -0.2) is 14.2 Å². The number of nitrogens with one attached hydrogen (secondary N) is 1. The van der Waals surface area contributed by atoms with Gasteiger partial charge in [0.25, 0.3) is 5.91 Å². The SMILES string of the molecule is CCn1c(-c2nc3cc(C(=O)N4CCCC(NC(=O)O)C4)ccc3n2C)cc2ccc(F)cc21. The number of hydrogen-bond donors (Lipinski definition) is 2. The number of imidazole rings is 1. The smallest absolute Gasteiger partial charge is 0.404 e. The lowest BCUT2D eigenvalue weighted by molar-refractivity contribution is 0.0692. The fraction of sp³-hybridized carbons (Fsp3) is 0.320. The van der Waals surface area contributed by atoms with E-state index in [9.17, 15) is 14.0 Å². The molecule has 3 heterocycles. The third-order valence-electron chi connectivity index (χ3n) is 6.58. The van der Waals surface area contributed by atoms with Crippen molar-refractivity contribution in [2.75, 3.05) is 13.1 Å². The van der Waals surface area contributed by atoms with Crippen molar-refractivity contribution in [3.05, 3.63) is 53.8 Å². The Hall–Kier alpha value is -3.88. The standard InChI is InChI=1S/C25H26FN5O3/c1-3-31-21-13-17(26)8-6-15(21)12-22(31)23-28-19-11-16(7-9-20(19)29(23)2)24(32)30-10-4-5-18(14-30)27-25(33)34/h6-9,11-13,18,27H,3-5,10,14H2,1-2H3,(H,33,34). The van der Waals surface area contributed by atoms with Gasteiger partial charge in [-0.2, -0.15) is 0 Å². The molecule has 1 aliphatic rings. The van der Waals surface area contributed by atoms with E-state index in [4.69, 9.17) is 10.1 Å². The van der Waals surface area contributed by atoms with Crippen molar-refractivity contribution in [1.82, 2.24) is 24.3 Å². The number of hydrogen-bond acceptors (Lipinski definition) is 3. The number of halogens is 1. The van der Waals surface area contributed by atoms with Crippen LogP contribution in [-0.4, -0.2) is 55.3 Å². The van der Waals surface area contributed by atoms with Gasteiger partial charge in [0.15, 0.2) is 5.82 Å². The molecule has 1 atom stereocenters. The first-order valence-electron chi connectivity index (χ1n) is 11.4. The highest BCUT2D eigenvalue weighted by molar-refractivity contribution is 5.98. The number of carbonyl (C=O) groups excluding carboxylic acids is 1. The number of rotatable bonds is 4. The summed E-state index contributed by atoms with van der Waals surface area (Å²) in [5, 5.41) is 12.4. The average Bonchev–Trinajstić information content (AvgIpc) is 3.34. The van der Waals surface area contributed by atoms with Gasteiger partial charge in [0.1, 0.15) is 5.82 Å². The Morgan fingerprint density at radius 1 is 1.18 bits per heavy atom. The van der Waals surface area contributed by atoms with Crippen molar-refractivity contribution >= 4 is 33.9 Å². The van der Waals surface area contributed by atoms with E-state index in [2.05, 4.69) is 5.32 Å². The molecule has 1 fully saturated rings. The van der Waals surface area contributed by atoms with Crippen molar-refractivity contribution in [2.24, 2.45) is 7.05 Å². The van der Waals surface area contributed by atoms with Gasteiger partial charge >= 0.3 is 6.09 Å². The summed E-state index contributed by atoms with van der Waals surface area (Å²) in [6.45, 7) is 3.62. The lowest BCUT2D eigenvalue weighted by Gasteiger charge is -2.32. The summed E-state index contributed by atoms with van der Waals surface area (Å²) in [6, 6.07) is 12.0. The summed E-state index contributed by atoms with van der Waals surface area (Å²) in [6.07, 6.45) is 0.386. The number of aryl methyl sites for hydroxylation is 2. The molecule has 1 unspecified atom stereocenters. The van der Waals surface area contributed by atoms with Crippen molar-refractivity contribution in [3.63, 3.8) is 0 Å². The molecule has 2 aromatic heterocycles. The average molecular weight is 464 g/mol. The number of carboxylic acid groups (broad SMARTS) is 1. The van der Waals surface area contributed by atoms with Gasteiger partial charge in [-0.1, -0.05) is 0 Å². The topological polar surface area (TPSA) is 92.4 Å². The van der Waals surface area contributed by atoms with E-state index >= 15 is 0 Å². The highest BCUT2D eigenvalue weighted by atomic mass is 19.1. The lowest BCUT2D eigenvalue weighted by atomic mass is 10.0. The maximum Gasteiger partial charge on any atom is 0.404 e. The van der Waals surface area contributed by atoms with Gasteiger partial charge in [-0.15, -0.1) is 0 Å². The zero-order valence-electron chi connectivity index (χ0n) is 19.1. The molecule has 8 nitrogen and oxygen atoms in total. The Balaban J connectivity index is 1.50. The summed E-state index contributed by atoms with van der Waals surface area (Å²) in [5.41, 5.74) is 3.80. The van der Waals surface area contributed by atoms with E-state index in [1.54, 1.807) is 23.1 Å². The van der Waals surface area contributed by atoms with Gasteiger partial charge in [-0.05, 0) is 62.2 Å². The molecule has 34 heavy (non-hydrogen) atoms. The summed E-state index contributed by atoms with van der Waals surface area (Å²) >= 11 is 0.